The molecule has 142 valence electrons. The van der Waals surface area contributed by atoms with Gasteiger partial charge in [-0.15, -0.1) is 0 Å². The van der Waals surface area contributed by atoms with Crippen LogP contribution in [0.5, 0.6) is 5.75 Å². The van der Waals surface area contributed by atoms with Gasteiger partial charge in [0.05, 0.1) is 5.56 Å². The van der Waals surface area contributed by atoms with Gasteiger partial charge in [0, 0.05) is 37.6 Å². The number of rotatable bonds is 6. The van der Waals surface area contributed by atoms with E-state index in [2.05, 4.69) is 22.2 Å². The Labute approximate surface area is 158 Å². The van der Waals surface area contributed by atoms with Crippen LogP contribution in [0.25, 0.3) is 0 Å². The highest BCUT2D eigenvalue weighted by atomic mass is 16.5. The molecule has 1 heterocycles. The van der Waals surface area contributed by atoms with E-state index in [1.54, 1.807) is 24.3 Å². The third-order valence-electron chi connectivity index (χ3n) is 4.50. The fraction of sp³-hybridized carbons (Fsp3) is 0.300. The number of carbonyl (C=O) groups excluding carboxylic acids is 2. The number of nitrogens with one attached hydrogen (secondary N) is 1. The third kappa shape index (κ3) is 4.98. The molecular weight excluding hydrogens is 344 g/mol. The minimum Gasteiger partial charge on any atom is -0.483 e. The number of para-hydroxylation sites is 1. The van der Waals surface area contributed by atoms with Gasteiger partial charge in [-0.1, -0.05) is 12.1 Å². The average molecular weight is 368 g/mol. The fourth-order valence-corrected chi connectivity index (χ4v) is 2.95. The standard InChI is InChI=1S/C20H24N4O3/c1-23-10-12-24(13-11-23)16-8-6-15(7-9-16)22-20(26)17-4-2-3-5-18(17)27-14-19(21)25/h2-9H,10-14H2,1H3,(H2,21,25)(H,22,26). The summed E-state index contributed by atoms with van der Waals surface area (Å²) >= 11 is 0. The van der Waals surface area contributed by atoms with E-state index in [0.29, 0.717) is 17.0 Å². The Hall–Kier alpha value is -3.06. The monoisotopic (exact) mass is 368 g/mol. The van der Waals surface area contributed by atoms with Crippen molar-refractivity contribution in [1.82, 2.24) is 4.90 Å². The molecule has 0 radical (unpaired) electrons. The summed E-state index contributed by atoms with van der Waals surface area (Å²) in [7, 11) is 2.13. The summed E-state index contributed by atoms with van der Waals surface area (Å²) in [6, 6.07) is 14.5. The van der Waals surface area contributed by atoms with E-state index in [-0.39, 0.29) is 12.5 Å². The van der Waals surface area contributed by atoms with Gasteiger partial charge in [-0.05, 0) is 43.4 Å². The number of likely N-dealkylation sites (N-methyl/N-ethyl adjacent to an activating group) is 1. The van der Waals surface area contributed by atoms with Crippen LogP contribution >= 0.6 is 0 Å². The lowest BCUT2D eigenvalue weighted by atomic mass is 10.1. The maximum Gasteiger partial charge on any atom is 0.259 e. The topological polar surface area (TPSA) is 87.9 Å². The summed E-state index contributed by atoms with van der Waals surface area (Å²) in [5.41, 5.74) is 7.29. The molecule has 1 saturated heterocycles. The number of amides is 2. The Morgan fingerprint density at radius 1 is 1.04 bits per heavy atom. The molecule has 1 aliphatic heterocycles. The molecule has 0 aliphatic carbocycles. The van der Waals surface area contributed by atoms with Gasteiger partial charge >= 0.3 is 0 Å². The van der Waals surface area contributed by atoms with Crippen LogP contribution in [0.15, 0.2) is 48.5 Å². The van der Waals surface area contributed by atoms with Crippen molar-refractivity contribution in [2.45, 2.75) is 0 Å². The summed E-state index contributed by atoms with van der Waals surface area (Å²) < 4.78 is 5.32. The van der Waals surface area contributed by atoms with Gasteiger partial charge < -0.3 is 25.6 Å². The molecule has 0 atom stereocenters. The molecule has 3 N–H and O–H groups in total. The smallest absolute Gasteiger partial charge is 0.259 e. The Balaban J connectivity index is 1.65. The second kappa shape index (κ2) is 8.55. The molecule has 0 bridgehead atoms. The summed E-state index contributed by atoms with van der Waals surface area (Å²) in [5.74, 6) is -0.574. The number of hydrogen-bond donors (Lipinski definition) is 2. The van der Waals surface area contributed by atoms with Crippen molar-refractivity contribution in [3.63, 3.8) is 0 Å². The predicted octanol–water partition coefficient (Wildman–Crippen LogP) is 1.55. The minimum absolute atomic E-state index is 0.274. The normalized spacial score (nSPS) is 14.6. The number of piperazine rings is 1. The zero-order valence-electron chi connectivity index (χ0n) is 15.4. The number of ether oxygens (including phenoxy) is 1. The SMILES string of the molecule is CN1CCN(c2ccc(NC(=O)c3ccccc3OCC(N)=O)cc2)CC1. The van der Waals surface area contributed by atoms with E-state index in [1.165, 1.54) is 0 Å². The lowest BCUT2D eigenvalue weighted by Crippen LogP contribution is -2.44. The van der Waals surface area contributed by atoms with Crippen LogP contribution in [-0.4, -0.2) is 56.5 Å². The molecule has 3 rings (SSSR count). The first kappa shape index (κ1) is 18.7. The Bertz CT molecular complexity index is 799. The van der Waals surface area contributed by atoms with Crippen LogP contribution in [0, 0.1) is 0 Å². The summed E-state index contributed by atoms with van der Waals surface area (Å²) in [5, 5.41) is 2.86. The van der Waals surface area contributed by atoms with Gasteiger partial charge in [-0.25, -0.2) is 0 Å². The summed E-state index contributed by atoms with van der Waals surface area (Å²) in [4.78, 5) is 28.1. The second-order valence-corrected chi connectivity index (χ2v) is 6.54. The fourth-order valence-electron chi connectivity index (χ4n) is 2.95. The Morgan fingerprint density at radius 2 is 1.70 bits per heavy atom. The number of benzene rings is 2. The number of primary amides is 1. The number of nitrogens with zero attached hydrogens (tertiary/aromatic N) is 2. The van der Waals surface area contributed by atoms with Gasteiger partial charge in [0.15, 0.2) is 6.61 Å². The molecule has 0 unspecified atom stereocenters. The van der Waals surface area contributed by atoms with Gasteiger partial charge in [-0.3, -0.25) is 9.59 Å². The van der Waals surface area contributed by atoms with Crippen LogP contribution in [0.2, 0.25) is 0 Å². The van der Waals surface area contributed by atoms with Crippen molar-refractivity contribution in [1.29, 1.82) is 0 Å². The maximum absolute atomic E-state index is 12.6. The number of nitrogens with two attached hydrogens (primary N) is 1. The number of carbonyl (C=O) groups is 2. The van der Waals surface area contributed by atoms with Crippen molar-refractivity contribution in [2.75, 3.05) is 50.1 Å². The molecule has 2 aromatic rings. The van der Waals surface area contributed by atoms with E-state index in [0.717, 1.165) is 31.9 Å². The van der Waals surface area contributed by atoms with E-state index in [1.807, 2.05) is 24.3 Å². The lowest BCUT2D eigenvalue weighted by molar-refractivity contribution is -0.119. The third-order valence-corrected chi connectivity index (χ3v) is 4.50. The van der Waals surface area contributed by atoms with Crippen molar-refractivity contribution >= 4 is 23.2 Å². The molecule has 1 fully saturated rings. The van der Waals surface area contributed by atoms with Gasteiger partial charge in [-0.2, -0.15) is 0 Å². The van der Waals surface area contributed by atoms with Crippen molar-refractivity contribution in [3.8, 4) is 5.75 Å². The molecule has 1 aliphatic rings. The van der Waals surface area contributed by atoms with Crippen molar-refractivity contribution < 1.29 is 14.3 Å². The summed E-state index contributed by atoms with van der Waals surface area (Å²) in [6.07, 6.45) is 0. The van der Waals surface area contributed by atoms with E-state index in [4.69, 9.17) is 10.5 Å². The van der Waals surface area contributed by atoms with Crippen LogP contribution in [0.3, 0.4) is 0 Å². The van der Waals surface area contributed by atoms with E-state index < -0.39 is 5.91 Å². The zero-order valence-corrected chi connectivity index (χ0v) is 15.4. The number of hydrogen-bond acceptors (Lipinski definition) is 5. The van der Waals surface area contributed by atoms with Crippen LogP contribution in [0.4, 0.5) is 11.4 Å². The molecule has 0 saturated carbocycles. The first-order chi connectivity index (χ1) is 13.0. The number of anilines is 2. The van der Waals surface area contributed by atoms with Gasteiger partial charge in [0.1, 0.15) is 5.75 Å². The highest BCUT2D eigenvalue weighted by Crippen LogP contribution is 2.22. The molecule has 7 nitrogen and oxygen atoms in total. The van der Waals surface area contributed by atoms with Gasteiger partial charge in [0.25, 0.3) is 11.8 Å². The molecule has 2 aromatic carbocycles. The van der Waals surface area contributed by atoms with Crippen LogP contribution < -0.4 is 20.7 Å². The largest absolute Gasteiger partial charge is 0.483 e. The molecule has 2 amide bonds. The second-order valence-electron chi connectivity index (χ2n) is 6.54. The minimum atomic E-state index is -0.593. The predicted molar refractivity (Wildman–Crippen MR) is 105 cm³/mol. The van der Waals surface area contributed by atoms with Crippen molar-refractivity contribution in [2.24, 2.45) is 5.73 Å². The first-order valence-corrected chi connectivity index (χ1v) is 8.88. The molecule has 0 aromatic heterocycles. The highest BCUT2D eigenvalue weighted by Gasteiger charge is 2.15. The molecule has 0 spiro atoms. The zero-order chi connectivity index (χ0) is 19.2. The van der Waals surface area contributed by atoms with Gasteiger partial charge in [0.2, 0.25) is 0 Å². The highest BCUT2D eigenvalue weighted by molar-refractivity contribution is 6.06. The molecule has 27 heavy (non-hydrogen) atoms. The molecular formula is C20H24N4O3. The average Bonchev–Trinajstić information content (AvgIpc) is 2.68. The Kier molecular flexibility index (Phi) is 5.93. The van der Waals surface area contributed by atoms with Crippen LogP contribution in [-0.2, 0) is 4.79 Å². The van der Waals surface area contributed by atoms with Crippen molar-refractivity contribution in [3.05, 3.63) is 54.1 Å². The summed E-state index contributed by atoms with van der Waals surface area (Å²) in [6.45, 7) is 3.80. The maximum atomic E-state index is 12.6. The quantitative estimate of drug-likeness (QED) is 0.808. The van der Waals surface area contributed by atoms with E-state index in [9.17, 15) is 9.59 Å². The molecule has 7 heteroatoms. The Morgan fingerprint density at radius 3 is 2.37 bits per heavy atom. The van der Waals surface area contributed by atoms with Crippen LogP contribution in [0.1, 0.15) is 10.4 Å². The van der Waals surface area contributed by atoms with E-state index >= 15 is 0 Å². The lowest BCUT2D eigenvalue weighted by Gasteiger charge is -2.34. The first-order valence-electron chi connectivity index (χ1n) is 8.88.